The third kappa shape index (κ3) is 3.67. The number of hydrazine groups is 1. The van der Waals surface area contributed by atoms with Crippen molar-refractivity contribution in [3.05, 3.63) is 11.9 Å². The Kier molecular flexibility index (Phi) is 4.35. The number of carbonyl (C=O) groups excluding carboxylic acids is 1. The van der Waals surface area contributed by atoms with Gasteiger partial charge in [-0.05, 0) is 32.7 Å². The molecule has 0 bridgehead atoms. The lowest BCUT2D eigenvalue weighted by molar-refractivity contribution is 0.0240. The Bertz CT molecular complexity index is 597. The fourth-order valence-electron chi connectivity index (χ4n) is 2.60. The number of amides is 1. The van der Waals surface area contributed by atoms with Crippen LogP contribution >= 0.6 is 11.9 Å². The number of anilines is 1. The lowest BCUT2D eigenvalue weighted by atomic mass is 10.2. The zero-order valence-corrected chi connectivity index (χ0v) is 14.5. The molecule has 1 fully saturated rings. The van der Waals surface area contributed by atoms with Crippen molar-refractivity contribution in [2.24, 2.45) is 5.84 Å². The van der Waals surface area contributed by atoms with Crippen molar-refractivity contribution in [2.75, 3.05) is 31.1 Å². The minimum absolute atomic E-state index is 0.256. The maximum Gasteiger partial charge on any atom is 0.410 e. The van der Waals surface area contributed by atoms with Gasteiger partial charge in [-0.15, -0.1) is 0 Å². The van der Waals surface area contributed by atoms with Gasteiger partial charge in [0.1, 0.15) is 22.8 Å². The lowest BCUT2D eigenvalue weighted by Crippen LogP contribution is -2.50. The van der Waals surface area contributed by atoms with E-state index >= 15 is 0 Å². The van der Waals surface area contributed by atoms with Gasteiger partial charge >= 0.3 is 6.09 Å². The van der Waals surface area contributed by atoms with E-state index in [1.165, 1.54) is 11.9 Å². The second-order valence-corrected chi connectivity index (χ2v) is 7.64. The minimum Gasteiger partial charge on any atom is -0.444 e. The standard InChI is InChI=1S/C14H22N6O2S/c1-14(2,3)22-13(21)19-6-4-18(5-7-19)11-10-8-20(15)23-12(10)17-9-16-11/h9H,4-8,15H2,1-3H3. The average Bonchev–Trinajstić information content (AvgIpc) is 2.85. The highest BCUT2D eigenvalue weighted by atomic mass is 32.2. The van der Waals surface area contributed by atoms with Gasteiger partial charge < -0.3 is 14.5 Å². The zero-order chi connectivity index (χ0) is 16.6. The molecule has 1 aromatic rings. The summed E-state index contributed by atoms with van der Waals surface area (Å²) in [6, 6.07) is 0. The van der Waals surface area contributed by atoms with Gasteiger partial charge in [0, 0.05) is 31.7 Å². The fraction of sp³-hybridized carbons (Fsp3) is 0.643. The molecule has 3 rings (SSSR count). The fourth-order valence-corrected chi connectivity index (χ4v) is 3.38. The van der Waals surface area contributed by atoms with Crippen molar-refractivity contribution in [2.45, 2.75) is 37.9 Å². The number of nitrogens with zero attached hydrogens (tertiary/aromatic N) is 5. The van der Waals surface area contributed by atoms with Crippen molar-refractivity contribution in [3.63, 3.8) is 0 Å². The topological polar surface area (TPSA) is 87.8 Å². The van der Waals surface area contributed by atoms with E-state index in [4.69, 9.17) is 10.6 Å². The number of nitrogens with two attached hydrogens (primary N) is 1. The Morgan fingerprint density at radius 2 is 1.96 bits per heavy atom. The van der Waals surface area contributed by atoms with Crippen LogP contribution < -0.4 is 10.7 Å². The molecule has 0 atom stereocenters. The highest BCUT2D eigenvalue weighted by Crippen LogP contribution is 2.36. The molecule has 0 spiro atoms. The number of ether oxygens (including phenoxy) is 1. The second-order valence-electron chi connectivity index (χ2n) is 6.60. The molecule has 126 valence electrons. The van der Waals surface area contributed by atoms with Gasteiger partial charge in [-0.2, -0.15) is 4.41 Å². The van der Waals surface area contributed by atoms with Gasteiger partial charge in [-0.1, -0.05) is 0 Å². The van der Waals surface area contributed by atoms with E-state index in [-0.39, 0.29) is 6.09 Å². The Balaban J connectivity index is 1.64. The van der Waals surface area contributed by atoms with Gasteiger partial charge in [-0.3, -0.25) is 5.84 Å². The van der Waals surface area contributed by atoms with Crippen LogP contribution in [-0.2, 0) is 11.3 Å². The third-order valence-corrected chi connectivity index (χ3v) is 4.52. The summed E-state index contributed by atoms with van der Waals surface area (Å²) < 4.78 is 7.08. The maximum atomic E-state index is 12.1. The van der Waals surface area contributed by atoms with E-state index < -0.39 is 5.60 Å². The molecule has 0 aliphatic carbocycles. The van der Waals surface area contributed by atoms with Crippen LogP contribution in [0.3, 0.4) is 0 Å². The molecule has 1 aromatic heterocycles. The number of rotatable bonds is 1. The van der Waals surface area contributed by atoms with Crippen molar-refractivity contribution >= 4 is 23.9 Å². The molecule has 9 heteroatoms. The second kappa shape index (κ2) is 6.14. The summed E-state index contributed by atoms with van der Waals surface area (Å²) in [5.74, 6) is 6.76. The van der Waals surface area contributed by atoms with E-state index in [2.05, 4.69) is 14.9 Å². The highest BCUT2D eigenvalue weighted by molar-refractivity contribution is 7.97. The molecule has 0 saturated carbocycles. The SMILES string of the molecule is CC(C)(C)OC(=O)N1CCN(c2ncnc3c2CN(N)S3)CC1. The van der Waals surface area contributed by atoms with Crippen LogP contribution in [0.5, 0.6) is 0 Å². The van der Waals surface area contributed by atoms with Crippen LogP contribution in [0.2, 0.25) is 0 Å². The number of hydrogen-bond donors (Lipinski definition) is 1. The minimum atomic E-state index is -0.469. The van der Waals surface area contributed by atoms with Crippen LogP contribution in [0.1, 0.15) is 26.3 Å². The maximum absolute atomic E-state index is 12.1. The van der Waals surface area contributed by atoms with Gasteiger partial charge in [0.05, 0.1) is 6.54 Å². The highest BCUT2D eigenvalue weighted by Gasteiger charge is 2.30. The number of aromatic nitrogens is 2. The Morgan fingerprint density at radius 1 is 1.26 bits per heavy atom. The number of piperazine rings is 1. The first-order valence-corrected chi connectivity index (χ1v) is 8.38. The van der Waals surface area contributed by atoms with Crippen molar-refractivity contribution in [3.8, 4) is 0 Å². The first-order valence-electron chi connectivity index (χ1n) is 7.60. The van der Waals surface area contributed by atoms with Crippen LogP contribution in [0, 0.1) is 0 Å². The Morgan fingerprint density at radius 3 is 2.61 bits per heavy atom. The normalized spacial score (nSPS) is 19.0. The Labute approximate surface area is 140 Å². The predicted octanol–water partition coefficient (Wildman–Crippen LogP) is 1.23. The van der Waals surface area contributed by atoms with E-state index in [0.717, 1.165) is 29.5 Å². The average molecular weight is 338 g/mol. The molecule has 2 aliphatic heterocycles. The van der Waals surface area contributed by atoms with Crippen LogP contribution in [0.4, 0.5) is 10.6 Å². The third-order valence-electron chi connectivity index (χ3n) is 3.63. The quantitative estimate of drug-likeness (QED) is 0.465. The molecule has 0 unspecified atom stereocenters. The molecule has 2 N–H and O–H groups in total. The van der Waals surface area contributed by atoms with Gasteiger partial charge in [0.25, 0.3) is 0 Å². The zero-order valence-electron chi connectivity index (χ0n) is 13.7. The molecule has 0 radical (unpaired) electrons. The van der Waals surface area contributed by atoms with Gasteiger partial charge in [0.2, 0.25) is 0 Å². The van der Waals surface area contributed by atoms with E-state index in [9.17, 15) is 4.79 Å². The van der Waals surface area contributed by atoms with Gasteiger partial charge in [0.15, 0.2) is 0 Å². The lowest BCUT2D eigenvalue weighted by Gasteiger charge is -2.36. The van der Waals surface area contributed by atoms with Crippen molar-refractivity contribution in [1.82, 2.24) is 19.3 Å². The van der Waals surface area contributed by atoms with Crippen molar-refractivity contribution < 1.29 is 9.53 Å². The molecule has 1 saturated heterocycles. The van der Waals surface area contributed by atoms with Crippen molar-refractivity contribution in [1.29, 1.82) is 0 Å². The smallest absolute Gasteiger partial charge is 0.410 e. The summed E-state index contributed by atoms with van der Waals surface area (Å²) in [6.45, 7) is 8.93. The molecule has 0 aromatic carbocycles. The van der Waals surface area contributed by atoms with Crippen LogP contribution in [-0.4, -0.2) is 57.2 Å². The molecule has 3 heterocycles. The molecule has 23 heavy (non-hydrogen) atoms. The predicted molar refractivity (Wildman–Crippen MR) is 87.6 cm³/mol. The number of carbonyl (C=O) groups is 1. The first kappa shape index (κ1) is 16.3. The number of hydrogen-bond acceptors (Lipinski definition) is 8. The monoisotopic (exact) mass is 338 g/mol. The van der Waals surface area contributed by atoms with Crippen LogP contribution in [0.15, 0.2) is 11.4 Å². The summed E-state index contributed by atoms with van der Waals surface area (Å²) in [5.41, 5.74) is 0.592. The molecule has 2 aliphatic rings. The summed E-state index contributed by atoms with van der Waals surface area (Å²) >= 11 is 1.43. The first-order chi connectivity index (χ1) is 10.8. The van der Waals surface area contributed by atoms with E-state index in [1.54, 1.807) is 15.6 Å². The summed E-state index contributed by atoms with van der Waals surface area (Å²) in [7, 11) is 0. The summed E-state index contributed by atoms with van der Waals surface area (Å²) in [6.07, 6.45) is 1.31. The van der Waals surface area contributed by atoms with Crippen LogP contribution in [0.25, 0.3) is 0 Å². The molecular formula is C14H22N6O2S. The summed E-state index contributed by atoms with van der Waals surface area (Å²) in [4.78, 5) is 24.7. The van der Waals surface area contributed by atoms with E-state index in [1.807, 2.05) is 20.8 Å². The summed E-state index contributed by atoms with van der Waals surface area (Å²) in [5, 5.41) is 0.909. The Hall–Kier alpha value is -1.58. The van der Waals surface area contributed by atoms with Gasteiger partial charge in [-0.25, -0.2) is 14.8 Å². The van der Waals surface area contributed by atoms with E-state index in [0.29, 0.717) is 19.6 Å². The molecular weight excluding hydrogens is 316 g/mol. The largest absolute Gasteiger partial charge is 0.444 e. The number of fused-ring (bicyclic) bond motifs is 1. The molecule has 8 nitrogen and oxygen atoms in total. The molecule has 1 amide bonds.